The van der Waals surface area contributed by atoms with Gasteiger partial charge in [0.05, 0.1) is 13.2 Å². The highest BCUT2D eigenvalue weighted by molar-refractivity contribution is 5.78. The van der Waals surface area contributed by atoms with Crippen LogP contribution in [0.5, 0.6) is 0 Å². The second-order valence-corrected chi connectivity index (χ2v) is 6.31. The van der Waals surface area contributed by atoms with Gasteiger partial charge in [0, 0.05) is 19.7 Å². The van der Waals surface area contributed by atoms with Gasteiger partial charge in [0.15, 0.2) is 5.96 Å². The van der Waals surface area contributed by atoms with Crippen LogP contribution in [0, 0.1) is 0 Å². The molecule has 0 bridgehead atoms. The molecular formula is C18H30N4O. The number of rotatable bonds is 7. The Bertz CT molecular complexity index is 498. The first kappa shape index (κ1) is 17.8. The van der Waals surface area contributed by atoms with Gasteiger partial charge in [-0.15, -0.1) is 0 Å². The summed E-state index contributed by atoms with van der Waals surface area (Å²) >= 11 is 0. The summed E-state index contributed by atoms with van der Waals surface area (Å²) in [6.45, 7) is 6.67. The highest BCUT2D eigenvalue weighted by Gasteiger charge is 2.12. The van der Waals surface area contributed by atoms with Gasteiger partial charge in [-0.2, -0.15) is 0 Å². The van der Waals surface area contributed by atoms with Crippen LogP contribution in [0.15, 0.2) is 29.3 Å². The SMILES string of the molecule is COCC(C)NC(N)=NCc1ccccc1CN1CCCCC1. The molecule has 1 aliphatic heterocycles. The van der Waals surface area contributed by atoms with Gasteiger partial charge < -0.3 is 15.8 Å². The van der Waals surface area contributed by atoms with Crippen LogP contribution in [0.25, 0.3) is 0 Å². The number of ether oxygens (including phenoxy) is 1. The maximum Gasteiger partial charge on any atom is 0.189 e. The Morgan fingerprint density at radius 1 is 1.26 bits per heavy atom. The zero-order valence-electron chi connectivity index (χ0n) is 14.4. The van der Waals surface area contributed by atoms with E-state index in [2.05, 4.69) is 39.5 Å². The van der Waals surface area contributed by atoms with Crippen molar-refractivity contribution in [2.45, 2.75) is 45.3 Å². The quantitative estimate of drug-likeness (QED) is 0.597. The van der Waals surface area contributed by atoms with Crippen LogP contribution < -0.4 is 11.1 Å². The molecule has 5 heteroatoms. The minimum atomic E-state index is 0.160. The molecule has 1 unspecified atom stereocenters. The van der Waals surface area contributed by atoms with Gasteiger partial charge in [0.1, 0.15) is 0 Å². The molecule has 3 N–H and O–H groups in total. The fraction of sp³-hybridized carbons (Fsp3) is 0.611. The minimum absolute atomic E-state index is 0.160. The molecule has 1 aliphatic rings. The molecule has 1 heterocycles. The Hall–Kier alpha value is -1.59. The molecule has 1 atom stereocenters. The van der Waals surface area contributed by atoms with E-state index in [1.807, 2.05) is 6.92 Å². The van der Waals surface area contributed by atoms with Crippen molar-refractivity contribution in [1.29, 1.82) is 0 Å². The summed E-state index contributed by atoms with van der Waals surface area (Å²) in [5.74, 6) is 0.474. The number of hydrogen-bond acceptors (Lipinski definition) is 3. The lowest BCUT2D eigenvalue weighted by Gasteiger charge is -2.27. The maximum atomic E-state index is 5.96. The Morgan fingerprint density at radius 3 is 2.65 bits per heavy atom. The molecule has 5 nitrogen and oxygen atoms in total. The maximum absolute atomic E-state index is 5.96. The zero-order chi connectivity index (χ0) is 16.5. The molecule has 0 amide bonds. The summed E-state index contributed by atoms with van der Waals surface area (Å²) in [5.41, 5.74) is 8.57. The third kappa shape index (κ3) is 6.20. The van der Waals surface area contributed by atoms with Gasteiger partial charge in [0.2, 0.25) is 0 Å². The van der Waals surface area contributed by atoms with Crippen LogP contribution in [0.2, 0.25) is 0 Å². The molecule has 1 aromatic rings. The highest BCUT2D eigenvalue weighted by atomic mass is 16.5. The van der Waals surface area contributed by atoms with Gasteiger partial charge in [-0.1, -0.05) is 30.7 Å². The van der Waals surface area contributed by atoms with Gasteiger partial charge >= 0.3 is 0 Å². The largest absolute Gasteiger partial charge is 0.383 e. The second kappa shape index (κ2) is 9.53. The van der Waals surface area contributed by atoms with Gasteiger partial charge in [-0.25, -0.2) is 4.99 Å². The third-order valence-corrected chi connectivity index (χ3v) is 4.19. The van der Waals surface area contributed by atoms with Crippen molar-refractivity contribution in [3.05, 3.63) is 35.4 Å². The lowest BCUT2D eigenvalue weighted by atomic mass is 10.1. The van der Waals surface area contributed by atoms with E-state index in [0.29, 0.717) is 19.1 Å². The third-order valence-electron chi connectivity index (χ3n) is 4.19. The number of nitrogens with zero attached hydrogens (tertiary/aromatic N) is 2. The molecule has 1 saturated heterocycles. The van der Waals surface area contributed by atoms with Crippen LogP contribution in [0.1, 0.15) is 37.3 Å². The average Bonchev–Trinajstić information content (AvgIpc) is 2.55. The van der Waals surface area contributed by atoms with Crippen LogP contribution in [0.3, 0.4) is 0 Å². The molecule has 0 radical (unpaired) electrons. The molecule has 0 saturated carbocycles. The molecular weight excluding hydrogens is 288 g/mol. The lowest BCUT2D eigenvalue weighted by Crippen LogP contribution is -2.40. The standard InChI is InChI=1S/C18H30N4O/c1-15(14-23-2)21-18(19)20-12-16-8-4-5-9-17(16)13-22-10-6-3-7-11-22/h4-5,8-9,15H,3,6-7,10-14H2,1-2H3,(H3,19,20,21). The van der Waals surface area contributed by atoms with E-state index in [1.54, 1.807) is 7.11 Å². The van der Waals surface area contributed by atoms with Gasteiger partial charge in [-0.05, 0) is 44.0 Å². The number of aliphatic imine (C=N–C) groups is 1. The van der Waals surface area contributed by atoms with E-state index in [4.69, 9.17) is 10.5 Å². The van der Waals surface area contributed by atoms with Crippen molar-refractivity contribution >= 4 is 5.96 Å². The lowest BCUT2D eigenvalue weighted by molar-refractivity contribution is 0.179. The van der Waals surface area contributed by atoms with E-state index in [9.17, 15) is 0 Å². The number of methoxy groups -OCH3 is 1. The summed E-state index contributed by atoms with van der Waals surface area (Å²) in [6, 6.07) is 8.69. The normalized spacial score (nSPS) is 17.9. The molecule has 23 heavy (non-hydrogen) atoms. The number of likely N-dealkylation sites (tertiary alicyclic amines) is 1. The molecule has 0 spiro atoms. The van der Waals surface area contributed by atoms with E-state index in [0.717, 1.165) is 6.54 Å². The van der Waals surface area contributed by atoms with Gasteiger partial charge in [0.25, 0.3) is 0 Å². The summed E-state index contributed by atoms with van der Waals surface area (Å²) in [4.78, 5) is 7.02. The molecule has 0 aliphatic carbocycles. The van der Waals surface area contributed by atoms with Crippen LogP contribution in [0.4, 0.5) is 0 Å². The van der Waals surface area contributed by atoms with Crippen molar-refractivity contribution in [1.82, 2.24) is 10.2 Å². The van der Waals surface area contributed by atoms with E-state index in [1.165, 1.54) is 43.5 Å². The Kier molecular flexibility index (Phi) is 7.36. The van der Waals surface area contributed by atoms with E-state index >= 15 is 0 Å². The first-order chi connectivity index (χ1) is 11.2. The first-order valence-electron chi connectivity index (χ1n) is 8.53. The van der Waals surface area contributed by atoms with Gasteiger partial charge in [-0.3, -0.25) is 4.90 Å². The van der Waals surface area contributed by atoms with Crippen LogP contribution >= 0.6 is 0 Å². The van der Waals surface area contributed by atoms with Crippen molar-refractivity contribution < 1.29 is 4.74 Å². The number of piperidine rings is 1. The molecule has 1 fully saturated rings. The second-order valence-electron chi connectivity index (χ2n) is 6.31. The molecule has 128 valence electrons. The summed E-state index contributed by atoms with van der Waals surface area (Å²) < 4.78 is 5.09. The Morgan fingerprint density at radius 2 is 1.96 bits per heavy atom. The molecule has 2 rings (SSSR count). The smallest absolute Gasteiger partial charge is 0.189 e. The fourth-order valence-electron chi connectivity index (χ4n) is 2.98. The topological polar surface area (TPSA) is 62.9 Å². The Labute approximate surface area is 139 Å². The number of benzene rings is 1. The number of hydrogen-bond donors (Lipinski definition) is 2. The fourth-order valence-corrected chi connectivity index (χ4v) is 2.98. The van der Waals surface area contributed by atoms with Crippen molar-refractivity contribution in [3.8, 4) is 0 Å². The zero-order valence-corrected chi connectivity index (χ0v) is 14.4. The predicted molar refractivity (Wildman–Crippen MR) is 95.4 cm³/mol. The number of guanidine groups is 1. The molecule has 1 aromatic carbocycles. The van der Waals surface area contributed by atoms with E-state index < -0.39 is 0 Å². The number of nitrogens with two attached hydrogens (primary N) is 1. The first-order valence-corrected chi connectivity index (χ1v) is 8.53. The molecule has 0 aromatic heterocycles. The average molecular weight is 318 g/mol. The monoisotopic (exact) mass is 318 g/mol. The summed E-state index contributed by atoms with van der Waals surface area (Å²) in [5, 5.41) is 3.14. The van der Waals surface area contributed by atoms with E-state index in [-0.39, 0.29) is 6.04 Å². The Balaban J connectivity index is 1.93. The van der Waals surface area contributed by atoms with Crippen LogP contribution in [-0.2, 0) is 17.8 Å². The van der Waals surface area contributed by atoms with Crippen molar-refractivity contribution in [2.75, 3.05) is 26.8 Å². The minimum Gasteiger partial charge on any atom is -0.383 e. The summed E-state index contributed by atoms with van der Waals surface area (Å²) in [6.07, 6.45) is 3.99. The number of nitrogens with one attached hydrogen (secondary N) is 1. The van der Waals surface area contributed by atoms with Crippen molar-refractivity contribution in [3.63, 3.8) is 0 Å². The predicted octanol–water partition coefficient (Wildman–Crippen LogP) is 2.11. The van der Waals surface area contributed by atoms with Crippen molar-refractivity contribution in [2.24, 2.45) is 10.7 Å². The summed E-state index contributed by atoms with van der Waals surface area (Å²) in [7, 11) is 1.68. The van der Waals surface area contributed by atoms with Crippen LogP contribution in [-0.4, -0.2) is 43.7 Å². The highest BCUT2D eigenvalue weighted by Crippen LogP contribution is 2.16.